The van der Waals surface area contributed by atoms with Crippen molar-refractivity contribution in [3.63, 3.8) is 0 Å². The number of hydrogen-bond donors (Lipinski definition) is 3. The lowest BCUT2D eigenvalue weighted by Crippen LogP contribution is -2.48. The molecule has 10 heteroatoms. The molecule has 2 unspecified atom stereocenters. The van der Waals surface area contributed by atoms with Crippen LogP contribution in [0.2, 0.25) is 0 Å². The number of hydrogen-bond acceptors (Lipinski definition) is 6. The van der Waals surface area contributed by atoms with E-state index in [9.17, 15) is 18.9 Å². The third-order valence-corrected chi connectivity index (χ3v) is 8.80. The number of alkyl carbamates (subject to hydrolysis) is 1. The van der Waals surface area contributed by atoms with Gasteiger partial charge in [-0.1, -0.05) is 57.4 Å². The Balaban J connectivity index is 2.73. The summed E-state index contributed by atoms with van der Waals surface area (Å²) in [6, 6.07) is -0.552. The second kappa shape index (κ2) is 15.3. The zero-order valence-electron chi connectivity index (χ0n) is 20.4. The van der Waals surface area contributed by atoms with Gasteiger partial charge in [0, 0.05) is 24.7 Å². The summed E-state index contributed by atoms with van der Waals surface area (Å²) in [5, 5.41) is 8.03. The zero-order valence-corrected chi connectivity index (χ0v) is 21.3. The largest absolute Gasteiger partial charge is 0.445 e. The summed E-state index contributed by atoms with van der Waals surface area (Å²) in [6.07, 6.45) is 8.91. The molecule has 0 saturated carbocycles. The first-order valence-corrected chi connectivity index (χ1v) is 13.4. The van der Waals surface area contributed by atoms with Crippen molar-refractivity contribution in [3.8, 4) is 0 Å². The van der Waals surface area contributed by atoms with Crippen molar-refractivity contribution in [2.75, 3.05) is 32.5 Å². The van der Waals surface area contributed by atoms with Crippen LogP contribution in [-0.4, -0.2) is 62.1 Å². The highest BCUT2D eigenvalue weighted by Gasteiger charge is 2.38. The van der Waals surface area contributed by atoms with Gasteiger partial charge in [-0.25, -0.2) is 4.79 Å². The van der Waals surface area contributed by atoms with Crippen LogP contribution < -0.4 is 16.0 Å². The van der Waals surface area contributed by atoms with Gasteiger partial charge in [-0.3, -0.25) is 14.2 Å². The number of amides is 3. The minimum Gasteiger partial charge on any atom is -0.445 e. The van der Waals surface area contributed by atoms with Gasteiger partial charge in [-0.05, 0) is 25.3 Å². The molecule has 0 aromatic carbocycles. The average Bonchev–Trinajstić information content (AvgIpc) is 3.23. The molecule has 1 aliphatic rings. The highest BCUT2D eigenvalue weighted by atomic mass is 31.2. The molecular weight excluding hydrogens is 457 g/mol. The number of carbonyl (C=O) groups excluding carboxylic acids is 3. The van der Waals surface area contributed by atoms with E-state index >= 15 is 0 Å². The fourth-order valence-corrected chi connectivity index (χ4v) is 5.76. The van der Waals surface area contributed by atoms with Crippen LogP contribution in [0.15, 0.2) is 49.1 Å². The smallest absolute Gasteiger partial charge is 0.407 e. The predicted octanol–water partition coefficient (Wildman–Crippen LogP) is 3.30. The summed E-state index contributed by atoms with van der Waals surface area (Å²) < 4.78 is 24.0. The third kappa shape index (κ3) is 9.69. The Morgan fingerprint density at radius 2 is 2.03 bits per heavy atom. The normalized spacial score (nSPS) is 19.6. The molecule has 1 saturated heterocycles. The first-order chi connectivity index (χ1) is 16.2. The Labute approximate surface area is 202 Å². The van der Waals surface area contributed by atoms with Crippen LogP contribution >= 0.6 is 7.37 Å². The number of nitrogens with one attached hydrogen (secondary N) is 3. The van der Waals surface area contributed by atoms with E-state index in [-0.39, 0.29) is 31.6 Å². The quantitative estimate of drug-likeness (QED) is 0.237. The standard InChI is InChI=1S/C24H38N3O6P/c1-6-10-11-12-19(7-2)17-32-24(30)26-16-22(28)27-21(15-20-13-14-25-23(20)29)18(5)34(31,9-4)33-8-3/h6-7,10-12,18,20-21H,1-2,8-9,13-17H2,3-5H3,(H,25,29)(H,26,30)(H,27,28)/b11-10-,19-12+/t18?,20-,21-,34?/m0/s1. The summed E-state index contributed by atoms with van der Waals surface area (Å²) in [5.41, 5.74) is 0.179. The molecule has 190 valence electrons. The van der Waals surface area contributed by atoms with Gasteiger partial charge >= 0.3 is 6.09 Å². The Kier molecular flexibility index (Phi) is 13.2. The topological polar surface area (TPSA) is 123 Å². The molecule has 0 spiro atoms. The monoisotopic (exact) mass is 495 g/mol. The van der Waals surface area contributed by atoms with Crippen LogP contribution in [0, 0.1) is 5.92 Å². The van der Waals surface area contributed by atoms with Crippen molar-refractivity contribution in [2.45, 2.75) is 45.3 Å². The number of allylic oxidation sites excluding steroid dienone is 4. The van der Waals surface area contributed by atoms with Crippen molar-refractivity contribution in [1.82, 2.24) is 16.0 Å². The summed E-state index contributed by atoms with van der Waals surface area (Å²) >= 11 is 0. The van der Waals surface area contributed by atoms with Crippen LogP contribution in [0.3, 0.4) is 0 Å². The first-order valence-electron chi connectivity index (χ1n) is 11.5. The average molecular weight is 496 g/mol. The van der Waals surface area contributed by atoms with Gasteiger partial charge in [-0.2, -0.15) is 0 Å². The summed E-state index contributed by atoms with van der Waals surface area (Å²) in [4.78, 5) is 36.7. The summed E-state index contributed by atoms with van der Waals surface area (Å²) in [5.74, 6) is -0.832. The fraction of sp³-hybridized carbons (Fsp3) is 0.542. The van der Waals surface area contributed by atoms with Gasteiger partial charge in [0.1, 0.15) is 13.2 Å². The molecule has 0 aliphatic carbocycles. The first kappa shape index (κ1) is 29.4. The van der Waals surface area contributed by atoms with E-state index in [1.54, 1.807) is 51.2 Å². The van der Waals surface area contributed by atoms with E-state index in [0.717, 1.165) is 0 Å². The van der Waals surface area contributed by atoms with E-state index in [2.05, 4.69) is 29.1 Å². The maximum absolute atomic E-state index is 13.3. The molecule has 34 heavy (non-hydrogen) atoms. The molecule has 0 radical (unpaired) electrons. The molecule has 1 heterocycles. The molecule has 4 atom stereocenters. The van der Waals surface area contributed by atoms with E-state index in [4.69, 9.17) is 9.26 Å². The number of ether oxygens (including phenoxy) is 1. The van der Waals surface area contributed by atoms with Crippen LogP contribution in [0.1, 0.15) is 33.6 Å². The predicted molar refractivity (Wildman–Crippen MR) is 134 cm³/mol. The molecule has 0 aromatic heterocycles. The van der Waals surface area contributed by atoms with Crippen molar-refractivity contribution in [3.05, 3.63) is 49.1 Å². The molecule has 0 aromatic rings. The second-order valence-electron chi connectivity index (χ2n) is 7.88. The zero-order chi connectivity index (χ0) is 25.6. The molecule has 1 fully saturated rings. The minimum absolute atomic E-state index is 0.0110. The Morgan fingerprint density at radius 1 is 1.29 bits per heavy atom. The Bertz CT molecular complexity index is 839. The summed E-state index contributed by atoms with van der Waals surface area (Å²) in [7, 11) is -3.04. The highest BCUT2D eigenvalue weighted by Crippen LogP contribution is 2.53. The Hall–Kier alpha value is -2.64. The van der Waals surface area contributed by atoms with Gasteiger partial charge in [-0.15, -0.1) is 0 Å². The van der Waals surface area contributed by atoms with Crippen molar-refractivity contribution >= 4 is 25.3 Å². The van der Waals surface area contributed by atoms with E-state index in [1.165, 1.54) is 0 Å². The van der Waals surface area contributed by atoms with Crippen molar-refractivity contribution in [2.24, 2.45) is 5.92 Å². The van der Waals surface area contributed by atoms with Gasteiger partial charge in [0.2, 0.25) is 19.2 Å². The molecule has 0 bridgehead atoms. The third-order valence-electron chi connectivity index (χ3n) is 5.62. The van der Waals surface area contributed by atoms with Gasteiger partial charge in [0.25, 0.3) is 0 Å². The second-order valence-corrected chi connectivity index (χ2v) is 11.0. The summed E-state index contributed by atoms with van der Waals surface area (Å²) in [6.45, 7) is 13.1. The highest BCUT2D eigenvalue weighted by molar-refractivity contribution is 7.59. The van der Waals surface area contributed by atoms with Crippen LogP contribution in [0.4, 0.5) is 4.79 Å². The van der Waals surface area contributed by atoms with Gasteiger partial charge in [0.05, 0.1) is 12.3 Å². The Morgan fingerprint density at radius 3 is 2.59 bits per heavy atom. The van der Waals surface area contributed by atoms with Crippen LogP contribution in [-0.2, 0) is 23.4 Å². The molecular formula is C24H38N3O6P. The maximum atomic E-state index is 13.3. The molecule has 3 amide bonds. The fourth-order valence-electron chi connectivity index (χ4n) is 3.59. The van der Waals surface area contributed by atoms with Crippen LogP contribution in [0.5, 0.6) is 0 Å². The van der Waals surface area contributed by atoms with E-state index < -0.39 is 31.1 Å². The lowest BCUT2D eigenvalue weighted by atomic mass is 9.96. The lowest BCUT2D eigenvalue weighted by Gasteiger charge is -2.32. The molecule has 1 rings (SSSR count). The molecule has 1 aliphatic heterocycles. The van der Waals surface area contributed by atoms with E-state index in [1.807, 2.05) is 0 Å². The maximum Gasteiger partial charge on any atom is 0.407 e. The van der Waals surface area contributed by atoms with Crippen molar-refractivity contribution < 1.29 is 28.2 Å². The minimum atomic E-state index is -3.04. The molecule has 3 N–H and O–H groups in total. The van der Waals surface area contributed by atoms with E-state index in [0.29, 0.717) is 31.1 Å². The van der Waals surface area contributed by atoms with Gasteiger partial charge in [0.15, 0.2) is 0 Å². The SMILES string of the molecule is C=C/C=C\C=C(/C=C)COC(=O)NCC(=O)N[C@@H](C[C@@H]1CCNC1=O)C(C)P(=O)(CC)OCC. The lowest BCUT2D eigenvalue weighted by molar-refractivity contribution is -0.124. The molecule has 9 nitrogen and oxygen atoms in total. The number of rotatable bonds is 15. The number of carbonyl (C=O) groups is 3. The van der Waals surface area contributed by atoms with Crippen LogP contribution in [0.25, 0.3) is 0 Å². The van der Waals surface area contributed by atoms with Crippen molar-refractivity contribution in [1.29, 1.82) is 0 Å². The van der Waals surface area contributed by atoms with Gasteiger partial charge < -0.3 is 25.2 Å².